The van der Waals surface area contributed by atoms with Gasteiger partial charge in [-0.3, -0.25) is 14.6 Å². The van der Waals surface area contributed by atoms with Crippen LogP contribution in [0.5, 0.6) is 0 Å². The second-order valence-corrected chi connectivity index (χ2v) is 8.26. The standard InChI is InChI=1S/C20H37N3O3/c1-2-8-21-9-5-18(6-10-21)23-11-7-19(22-12-14-26-15-13-22)17(16-23)3-4-20(24)25/h17-19H,2-16H2,1H3,(H,24,25)/t17-,19+/m1/s1. The number of aliphatic carboxylic acids is 1. The van der Waals surface area contributed by atoms with Crippen molar-refractivity contribution in [2.75, 3.05) is 59.0 Å². The molecular weight excluding hydrogens is 330 g/mol. The molecule has 3 fully saturated rings. The molecule has 0 amide bonds. The molecule has 0 aromatic carbocycles. The van der Waals surface area contributed by atoms with Crippen LogP contribution >= 0.6 is 0 Å². The monoisotopic (exact) mass is 367 g/mol. The highest BCUT2D eigenvalue weighted by molar-refractivity contribution is 5.66. The molecule has 6 heteroatoms. The van der Waals surface area contributed by atoms with Gasteiger partial charge in [0.25, 0.3) is 0 Å². The zero-order valence-corrected chi connectivity index (χ0v) is 16.4. The lowest BCUT2D eigenvalue weighted by Gasteiger charge is -2.48. The molecule has 0 radical (unpaired) electrons. The van der Waals surface area contributed by atoms with Gasteiger partial charge in [-0.15, -0.1) is 0 Å². The quantitative estimate of drug-likeness (QED) is 0.740. The first-order valence-electron chi connectivity index (χ1n) is 10.7. The minimum Gasteiger partial charge on any atom is -0.481 e. The summed E-state index contributed by atoms with van der Waals surface area (Å²) in [5.74, 6) is -0.178. The van der Waals surface area contributed by atoms with Gasteiger partial charge in [0.1, 0.15) is 0 Å². The van der Waals surface area contributed by atoms with Gasteiger partial charge in [-0.2, -0.15) is 0 Å². The number of piperidine rings is 2. The number of rotatable bonds is 7. The van der Waals surface area contributed by atoms with E-state index in [0.717, 1.165) is 39.3 Å². The largest absolute Gasteiger partial charge is 0.481 e. The summed E-state index contributed by atoms with van der Waals surface area (Å²) in [6.07, 6.45) is 6.07. The third-order valence-electron chi connectivity index (χ3n) is 6.58. The third-order valence-corrected chi connectivity index (χ3v) is 6.58. The predicted molar refractivity (Wildman–Crippen MR) is 102 cm³/mol. The highest BCUT2D eigenvalue weighted by Gasteiger charge is 2.36. The summed E-state index contributed by atoms with van der Waals surface area (Å²) in [6, 6.07) is 1.23. The average Bonchev–Trinajstić information content (AvgIpc) is 2.68. The van der Waals surface area contributed by atoms with Gasteiger partial charge in [0.2, 0.25) is 0 Å². The van der Waals surface area contributed by atoms with Crippen LogP contribution in [0.3, 0.4) is 0 Å². The van der Waals surface area contributed by atoms with Crippen molar-refractivity contribution in [2.24, 2.45) is 5.92 Å². The van der Waals surface area contributed by atoms with Gasteiger partial charge in [0, 0.05) is 38.1 Å². The zero-order chi connectivity index (χ0) is 18.4. The highest BCUT2D eigenvalue weighted by Crippen LogP contribution is 2.30. The van der Waals surface area contributed by atoms with Crippen molar-refractivity contribution in [3.05, 3.63) is 0 Å². The van der Waals surface area contributed by atoms with Gasteiger partial charge in [-0.1, -0.05) is 6.92 Å². The summed E-state index contributed by atoms with van der Waals surface area (Å²) in [4.78, 5) is 19.0. The Labute approximate surface area is 158 Å². The molecule has 3 saturated heterocycles. The maximum Gasteiger partial charge on any atom is 0.303 e. The Bertz CT molecular complexity index is 434. The smallest absolute Gasteiger partial charge is 0.303 e. The van der Waals surface area contributed by atoms with Crippen molar-refractivity contribution in [3.8, 4) is 0 Å². The van der Waals surface area contributed by atoms with Crippen LogP contribution in [-0.4, -0.2) is 96.9 Å². The van der Waals surface area contributed by atoms with Crippen molar-refractivity contribution in [1.29, 1.82) is 0 Å². The van der Waals surface area contributed by atoms with Gasteiger partial charge in [-0.05, 0) is 64.2 Å². The molecular formula is C20H37N3O3. The topological polar surface area (TPSA) is 56.2 Å². The molecule has 26 heavy (non-hydrogen) atoms. The van der Waals surface area contributed by atoms with Crippen molar-refractivity contribution in [2.45, 2.75) is 57.5 Å². The second-order valence-electron chi connectivity index (χ2n) is 8.26. The predicted octanol–water partition coefficient (Wildman–Crippen LogP) is 1.75. The highest BCUT2D eigenvalue weighted by atomic mass is 16.5. The number of nitrogens with zero attached hydrogens (tertiary/aromatic N) is 3. The van der Waals surface area contributed by atoms with E-state index >= 15 is 0 Å². The van der Waals surface area contributed by atoms with Crippen molar-refractivity contribution >= 4 is 5.97 Å². The number of ether oxygens (including phenoxy) is 1. The van der Waals surface area contributed by atoms with Gasteiger partial charge in [-0.25, -0.2) is 0 Å². The average molecular weight is 368 g/mol. The molecule has 3 heterocycles. The normalized spacial score (nSPS) is 30.5. The molecule has 0 aliphatic carbocycles. The van der Waals surface area contributed by atoms with Gasteiger partial charge in [0.05, 0.1) is 13.2 Å². The second kappa shape index (κ2) is 10.0. The summed E-state index contributed by atoms with van der Waals surface area (Å²) in [7, 11) is 0. The first kappa shape index (κ1) is 20.1. The van der Waals surface area contributed by atoms with E-state index < -0.39 is 5.97 Å². The minimum absolute atomic E-state index is 0.300. The Hall–Kier alpha value is -0.690. The van der Waals surface area contributed by atoms with Crippen LogP contribution in [0.1, 0.15) is 45.4 Å². The van der Waals surface area contributed by atoms with Crippen molar-refractivity contribution in [1.82, 2.24) is 14.7 Å². The number of hydrogen-bond acceptors (Lipinski definition) is 5. The number of carboxylic acids is 1. The molecule has 0 aromatic heterocycles. The van der Waals surface area contributed by atoms with E-state index in [0.29, 0.717) is 24.4 Å². The summed E-state index contributed by atoms with van der Waals surface area (Å²) in [5, 5.41) is 9.18. The fourth-order valence-electron chi connectivity index (χ4n) is 5.19. The van der Waals surface area contributed by atoms with Crippen LogP contribution in [0.25, 0.3) is 0 Å². The Balaban J connectivity index is 1.56. The lowest BCUT2D eigenvalue weighted by atomic mass is 9.85. The molecule has 0 unspecified atom stereocenters. The SMILES string of the molecule is CCCN1CCC(N2CC[C@H](N3CCOCC3)[C@H](CCC(=O)O)C2)CC1. The van der Waals surface area contributed by atoms with E-state index in [1.807, 2.05) is 0 Å². The van der Waals surface area contributed by atoms with E-state index in [9.17, 15) is 9.90 Å². The lowest BCUT2D eigenvalue weighted by molar-refractivity contribution is -0.137. The van der Waals surface area contributed by atoms with Crippen molar-refractivity contribution in [3.63, 3.8) is 0 Å². The number of morpholine rings is 1. The number of carbonyl (C=O) groups is 1. The Kier molecular flexibility index (Phi) is 7.73. The fourth-order valence-corrected chi connectivity index (χ4v) is 5.19. The van der Waals surface area contributed by atoms with Crippen LogP contribution in [0, 0.1) is 5.92 Å². The van der Waals surface area contributed by atoms with Crippen LogP contribution in [-0.2, 0) is 9.53 Å². The number of carboxylic acid groups (broad SMARTS) is 1. The fraction of sp³-hybridized carbons (Fsp3) is 0.950. The maximum atomic E-state index is 11.2. The molecule has 3 rings (SSSR count). The lowest BCUT2D eigenvalue weighted by Crippen LogP contribution is -2.57. The van der Waals surface area contributed by atoms with Crippen LogP contribution < -0.4 is 0 Å². The molecule has 3 aliphatic rings. The van der Waals surface area contributed by atoms with E-state index in [4.69, 9.17) is 4.74 Å². The van der Waals surface area contributed by atoms with Crippen LogP contribution in [0.15, 0.2) is 0 Å². The van der Waals surface area contributed by atoms with E-state index in [2.05, 4.69) is 21.6 Å². The Morgan fingerprint density at radius 3 is 2.42 bits per heavy atom. The summed E-state index contributed by atoms with van der Waals surface area (Å²) in [5.41, 5.74) is 0. The van der Waals surface area contributed by atoms with Gasteiger partial charge >= 0.3 is 5.97 Å². The molecule has 0 bridgehead atoms. The third kappa shape index (κ3) is 5.41. The molecule has 0 saturated carbocycles. The van der Waals surface area contributed by atoms with Crippen LogP contribution in [0.4, 0.5) is 0 Å². The molecule has 1 N–H and O–H groups in total. The summed E-state index contributed by atoms with van der Waals surface area (Å²) in [6.45, 7) is 11.8. The minimum atomic E-state index is -0.657. The first-order chi connectivity index (χ1) is 12.7. The number of likely N-dealkylation sites (tertiary alicyclic amines) is 2. The number of hydrogen-bond donors (Lipinski definition) is 1. The van der Waals surface area contributed by atoms with E-state index in [-0.39, 0.29) is 0 Å². The zero-order valence-electron chi connectivity index (χ0n) is 16.4. The molecule has 2 atom stereocenters. The van der Waals surface area contributed by atoms with E-state index in [1.165, 1.54) is 51.9 Å². The molecule has 0 aromatic rings. The molecule has 150 valence electrons. The summed E-state index contributed by atoms with van der Waals surface area (Å²) < 4.78 is 5.52. The molecule has 6 nitrogen and oxygen atoms in total. The van der Waals surface area contributed by atoms with Gasteiger partial charge in [0.15, 0.2) is 0 Å². The van der Waals surface area contributed by atoms with E-state index in [1.54, 1.807) is 0 Å². The van der Waals surface area contributed by atoms with Crippen molar-refractivity contribution < 1.29 is 14.6 Å². The first-order valence-corrected chi connectivity index (χ1v) is 10.7. The molecule has 3 aliphatic heterocycles. The summed E-state index contributed by atoms with van der Waals surface area (Å²) >= 11 is 0. The maximum absolute atomic E-state index is 11.2. The Morgan fingerprint density at radius 2 is 1.77 bits per heavy atom. The van der Waals surface area contributed by atoms with Crippen LogP contribution in [0.2, 0.25) is 0 Å². The molecule has 0 spiro atoms. The Morgan fingerprint density at radius 1 is 1.04 bits per heavy atom. The van der Waals surface area contributed by atoms with Gasteiger partial charge < -0.3 is 14.7 Å².